The highest BCUT2D eigenvalue weighted by atomic mass is 16.5. The molecule has 1 aromatic carbocycles. The summed E-state index contributed by atoms with van der Waals surface area (Å²) in [5.41, 5.74) is 8.57. The Bertz CT molecular complexity index is 802. The second kappa shape index (κ2) is 7.16. The fourth-order valence-corrected chi connectivity index (χ4v) is 2.54. The summed E-state index contributed by atoms with van der Waals surface area (Å²) in [7, 11) is 0. The number of hydrogen-bond acceptors (Lipinski definition) is 6. The number of ether oxygens (including phenoxy) is 1. The van der Waals surface area contributed by atoms with Gasteiger partial charge in [-0.15, -0.1) is 0 Å². The van der Waals surface area contributed by atoms with E-state index >= 15 is 0 Å². The quantitative estimate of drug-likeness (QED) is 0.712. The first-order valence-corrected chi connectivity index (χ1v) is 7.92. The van der Waals surface area contributed by atoms with Gasteiger partial charge < -0.3 is 10.1 Å². The molecule has 0 aliphatic carbocycles. The number of hydrazine groups is 1. The van der Waals surface area contributed by atoms with Gasteiger partial charge in [-0.25, -0.2) is 9.97 Å². The van der Waals surface area contributed by atoms with E-state index in [-0.39, 0.29) is 18.4 Å². The van der Waals surface area contributed by atoms with Crippen LogP contribution in [0.4, 0.5) is 11.6 Å². The SMILES string of the molecule is Cc1cc(C)nc(NNC(=O)COc2ccc3c(c2)CCC(=O)N3)n1. The maximum absolute atomic E-state index is 11.9. The molecule has 3 rings (SSSR count). The second-order valence-electron chi connectivity index (χ2n) is 5.80. The number of nitrogens with one attached hydrogen (secondary N) is 3. The maximum atomic E-state index is 11.9. The number of aromatic nitrogens is 2. The summed E-state index contributed by atoms with van der Waals surface area (Å²) >= 11 is 0. The molecule has 8 nitrogen and oxygen atoms in total. The molecule has 8 heteroatoms. The Morgan fingerprint density at radius 1 is 1.20 bits per heavy atom. The van der Waals surface area contributed by atoms with Gasteiger partial charge in [0, 0.05) is 23.5 Å². The van der Waals surface area contributed by atoms with Crippen LogP contribution in [0.15, 0.2) is 24.3 Å². The summed E-state index contributed by atoms with van der Waals surface area (Å²) < 4.78 is 5.49. The minimum atomic E-state index is -0.353. The Hall–Kier alpha value is -3.16. The number of benzene rings is 1. The monoisotopic (exact) mass is 341 g/mol. The van der Waals surface area contributed by atoms with Crippen LogP contribution < -0.4 is 20.9 Å². The lowest BCUT2D eigenvalue weighted by Gasteiger charge is -2.17. The number of amides is 2. The number of hydrogen-bond donors (Lipinski definition) is 3. The molecule has 1 aliphatic heterocycles. The van der Waals surface area contributed by atoms with Gasteiger partial charge in [0.05, 0.1) is 0 Å². The molecule has 1 aromatic heterocycles. The molecule has 3 N–H and O–H groups in total. The third-order valence-electron chi connectivity index (χ3n) is 3.64. The fourth-order valence-electron chi connectivity index (χ4n) is 2.54. The van der Waals surface area contributed by atoms with E-state index in [1.165, 1.54) is 0 Å². The molecule has 0 bridgehead atoms. The zero-order chi connectivity index (χ0) is 17.8. The number of aryl methyl sites for hydroxylation is 3. The van der Waals surface area contributed by atoms with Crippen molar-refractivity contribution >= 4 is 23.5 Å². The minimum Gasteiger partial charge on any atom is -0.484 e. The third kappa shape index (κ3) is 4.43. The van der Waals surface area contributed by atoms with E-state index in [0.29, 0.717) is 24.5 Å². The molecule has 0 saturated carbocycles. The van der Waals surface area contributed by atoms with Crippen molar-refractivity contribution in [2.45, 2.75) is 26.7 Å². The Labute approximate surface area is 145 Å². The molecule has 25 heavy (non-hydrogen) atoms. The van der Waals surface area contributed by atoms with Crippen LogP contribution in [0.25, 0.3) is 0 Å². The zero-order valence-corrected chi connectivity index (χ0v) is 14.0. The van der Waals surface area contributed by atoms with E-state index in [4.69, 9.17) is 4.74 Å². The molecule has 2 heterocycles. The molecular weight excluding hydrogens is 322 g/mol. The third-order valence-corrected chi connectivity index (χ3v) is 3.64. The number of rotatable bonds is 5. The lowest BCUT2D eigenvalue weighted by Crippen LogP contribution is -2.34. The average Bonchev–Trinajstić information content (AvgIpc) is 2.57. The molecule has 0 unspecified atom stereocenters. The molecular formula is C17H19N5O3. The predicted octanol–water partition coefficient (Wildman–Crippen LogP) is 1.50. The molecule has 2 aromatic rings. The van der Waals surface area contributed by atoms with Gasteiger partial charge in [0.1, 0.15) is 5.75 Å². The summed E-state index contributed by atoms with van der Waals surface area (Å²) in [6, 6.07) is 7.18. The highest BCUT2D eigenvalue weighted by Crippen LogP contribution is 2.26. The Morgan fingerprint density at radius 2 is 1.96 bits per heavy atom. The van der Waals surface area contributed by atoms with E-state index in [1.807, 2.05) is 26.0 Å². The van der Waals surface area contributed by atoms with Crippen molar-refractivity contribution in [2.75, 3.05) is 17.3 Å². The van der Waals surface area contributed by atoms with Gasteiger partial charge in [-0.1, -0.05) is 0 Å². The first kappa shape index (κ1) is 16.7. The normalized spacial score (nSPS) is 12.8. The van der Waals surface area contributed by atoms with Crippen molar-refractivity contribution in [1.82, 2.24) is 15.4 Å². The van der Waals surface area contributed by atoms with Crippen molar-refractivity contribution < 1.29 is 14.3 Å². The maximum Gasteiger partial charge on any atom is 0.276 e. The second-order valence-corrected chi connectivity index (χ2v) is 5.80. The Kier molecular flexibility index (Phi) is 4.78. The van der Waals surface area contributed by atoms with E-state index in [1.54, 1.807) is 12.1 Å². The predicted molar refractivity (Wildman–Crippen MR) is 92.2 cm³/mol. The van der Waals surface area contributed by atoms with E-state index in [9.17, 15) is 9.59 Å². The van der Waals surface area contributed by atoms with E-state index < -0.39 is 0 Å². The molecule has 0 saturated heterocycles. The standard InChI is InChI=1S/C17H19N5O3/c1-10-7-11(2)19-17(18-10)22-21-16(24)9-25-13-4-5-14-12(8-13)3-6-15(23)20-14/h4-5,7-8H,3,6,9H2,1-2H3,(H,20,23)(H,21,24)(H,18,19,22). The van der Waals surface area contributed by atoms with Crippen LogP contribution in [0.5, 0.6) is 5.75 Å². The Morgan fingerprint density at radius 3 is 2.72 bits per heavy atom. The summed E-state index contributed by atoms with van der Waals surface area (Å²) in [6.07, 6.45) is 1.12. The van der Waals surface area contributed by atoms with Crippen LogP contribution in [-0.4, -0.2) is 28.4 Å². The summed E-state index contributed by atoms with van der Waals surface area (Å²) in [5, 5.41) is 2.80. The molecule has 130 valence electrons. The number of carbonyl (C=O) groups is 2. The van der Waals surface area contributed by atoms with E-state index in [0.717, 1.165) is 22.6 Å². The smallest absolute Gasteiger partial charge is 0.276 e. The van der Waals surface area contributed by atoms with Crippen molar-refractivity contribution in [3.8, 4) is 5.75 Å². The molecule has 2 amide bonds. The van der Waals surface area contributed by atoms with Gasteiger partial charge in [0.25, 0.3) is 5.91 Å². The van der Waals surface area contributed by atoms with Crippen LogP contribution in [0.3, 0.4) is 0 Å². The highest BCUT2D eigenvalue weighted by Gasteiger charge is 2.15. The van der Waals surface area contributed by atoms with Crippen molar-refractivity contribution in [1.29, 1.82) is 0 Å². The number of nitrogens with zero attached hydrogens (tertiary/aromatic N) is 2. The molecule has 1 aliphatic rings. The van der Waals surface area contributed by atoms with Crippen molar-refractivity contribution in [3.63, 3.8) is 0 Å². The van der Waals surface area contributed by atoms with Crippen molar-refractivity contribution in [2.24, 2.45) is 0 Å². The van der Waals surface area contributed by atoms with E-state index in [2.05, 4.69) is 26.1 Å². The van der Waals surface area contributed by atoms with Crippen LogP contribution >= 0.6 is 0 Å². The number of carbonyl (C=O) groups excluding carboxylic acids is 2. The number of fused-ring (bicyclic) bond motifs is 1. The summed E-state index contributed by atoms with van der Waals surface area (Å²) in [6.45, 7) is 3.55. The Balaban J connectivity index is 1.51. The average molecular weight is 341 g/mol. The van der Waals surface area contributed by atoms with Gasteiger partial charge in [-0.2, -0.15) is 0 Å². The zero-order valence-electron chi connectivity index (χ0n) is 14.0. The van der Waals surface area contributed by atoms with Gasteiger partial charge >= 0.3 is 0 Å². The topological polar surface area (TPSA) is 105 Å². The van der Waals surface area contributed by atoms with Crippen LogP contribution in [-0.2, 0) is 16.0 Å². The fraction of sp³-hybridized carbons (Fsp3) is 0.294. The molecule has 0 fully saturated rings. The molecule has 0 radical (unpaired) electrons. The first-order chi connectivity index (χ1) is 12.0. The largest absolute Gasteiger partial charge is 0.484 e. The molecule has 0 spiro atoms. The number of anilines is 2. The van der Waals surface area contributed by atoms with Gasteiger partial charge in [0.15, 0.2) is 6.61 Å². The van der Waals surface area contributed by atoms with Crippen LogP contribution in [0, 0.1) is 13.8 Å². The summed E-state index contributed by atoms with van der Waals surface area (Å²) in [4.78, 5) is 31.6. The molecule has 0 atom stereocenters. The lowest BCUT2D eigenvalue weighted by molar-refractivity contribution is -0.122. The first-order valence-electron chi connectivity index (χ1n) is 7.92. The van der Waals surface area contributed by atoms with Gasteiger partial charge in [-0.3, -0.25) is 20.4 Å². The lowest BCUT2D eigenvalue weighted by atomic mass is 10.0. The van der Waals surface area contributed by atoms with Gasteiger partial charge in [0.2, 0.25) is 11.9 Å². The minimum absolute atomic E-state index is 0.0141. The van der Waals surface area contributed by atoms with Gasteiger partial charge in [-0.05, 0) is 50.1 Å². The van der Waals surface area contributed by atoms with Crippen LogP contribution in [0.1, 0.15) is 23.4 Å². The van der Waals surface area contributed by atoms with Crippen molar-refractivity contribution in [3.05, 3.63) is 41.2 Å². The highest BCUT2D eigenvalue weighted by molar-refractivity contribution is 5.94. The van der Waals surface area contributed by atoms with Crippen LogP contribution in [0.2, 0.25) is 0 Å². The summed E-state index contributed by atoms with van der Waals surface area (Å²) in [5.74, 6) is 0.567.